The first-order chi connectivity index (χ1) is 15.7. The van der Waals surface area contributed by atoms with Gasteiger partial charge in [0.1, 0.15) is 11.5 Å². The van der Waals surface area contributed by atoms with Crippen LogP contribution in [0.15, 0.2) is 70.0 Å². The lowest BCUT2D eigenvalue weighted by Crippen LogP contribution is -2.41. The molecular weight excluding hydrogens is 478 g/mol. The molecule has 2 aromatic carbocycles. The van der Waals surface area contributed by atoms with Crippen LogP contribution in [0.3, 0.4) is 0 Å². The number of benzene rings is 2. The van der Waals surface area contributed by atoms with E-state index in [0.29, 0.717) is 0 Å². The number of hydrogen-bond acceptors (Lipinski definition) is 3. The first kappa shape index (κ1) is 20.7. The van der Waals surface area contributed by atoms with E-state index in [-0.39, 0.29) is 22.9 Å². The Bertz CT molecular complexity index is 1450. The number of aromatic amines is 1. The first-order valence-corrected chi connectivity index (χ1v) is 12.0. The van der Waals surface area contributed by atoms with Crippen molar-refractivity contribution in [1.29, 1.82) is 0 Å². The van der Waals surface area contributed by atoms with Crippen molar-refractivity contribution in [2.45, 2.75) is 32.8 Å². The van der Waals surface area contributed by atoms with E-state index >= 15 is 0 Å². The zero-order valence-corrected chi connectivity index (χ0v) is 20.2. The Morgan fingerprint density at radius 1 is 1.12 bits per heavy atom. The molecule has 0 spiro atoms. The first-order valence-electron chi connectivity index (χ1n) is 11.2. The van der Waals surface area contributed by atoms with E-state index < -0.39 is 12.0 Å². The third-order valence-corrected chi connectivity index (χ3v) is 8.05. The standard InChI is InChI=1S/C28H24BrNO3/c1-13-18-10-28(2,3)20-9-17-21(31)8-15-11-30-12-19(15)23(17)25(20)24(18)27(33)22(26(13)32)14-4-6-16(29)7-5-14/h4-13,22,27,30-31,33H,1-3H3. The SMILES string of the molecule is CC1C(=O)C(c2ccc(Br)cc2)C(O)C2=C3C(=Cc4c(O)cc5c[nH]cc5c43)C(C)(C)C=C21. The Hall–Kier alpha value is -2.89. The number of fused-ring (bicyclic) bond motifs is 6. The molecule has 3 aliphatic rings. The van der Waals surface area contributed by atoms with Crippen LogP contribution in [-0.2, 0) is 4.79 Å². The van der Waals surface area contributed by atoms with Gasteiger partial charge in [0.05, 0.1) is 12.0 Å². The second-order valence-corrected chi connectivity index (χ2v) is 10.8. The van der Waals surface area contributed by atoms with Crippen molar-refractivity contribution in [3.05, 3.63) is 86.7 Å². The molecule has 3 unspecified atom stereocenters. The topological polar surface area (TPSA) is 73.3 Å². The summed E-state index contributed by atoms with van der Waals surface area (Å²) in [6.45, 7) is 6.20. The van der Waals surface area contributed by atoms with Crippen LogP contribution in [0.5, 0.6) is 5.75 Å². The minimum absolute atomic E-state index is 0.0320. The molecule has 1 aromatic heterocycles. The van der Waals surface area contributed by atoms with Crippen LogP contribution in [0.2, 0.25) is 0 Å². The highest BCUT2D eigenvalue weighted by Crippen LogP contribution is 2.58. The van der Waals surface area contributed by atoms with E-state index in [1.54, 1.807) is 6.07 Å². The van der Waals surface area contributed by atoms with Crippen molar-refractivity contribution in [2.75, 3.05) is 0 Å². The number of aromatic hydroxyl groups is 1. The van der Waals surface area contributed by atoms with Gasteiger partial charge in [0, 0.05) is 50.1 Å². The fourth-order valence-corrected chi connectivity index (χ4v) is 6.16. The number of allylic oxidation sites excluding steroid dienone is 3. The molecule has 3 aliphatic carbocycles. The van der Waals surface area contributed by atoms with Crippen molar-refractivity contribution >= 4 is 44.1 Å². The maximum absolute atomic E-state index is 13.6. The van der Waals surface area contributed by atoms with Gasteiger partial charge >= 0.3 is 0 Å². The van der Waals surface area contributed by atoms with Gasteiger partial charge in [-0.3, -0.25) is 4.79 Å². The fraction of sp³-hybridized carbons (Fsp3) is 0.250. The van der Waals surface area contributed by atoms with E-state index in [4.69, 9.17) is 0 Å². The molecule has 0 bridgehead atoms. The lowest BCUT2D eigenvalue weighted by atomic mass is 9.62. The van der Waals surface area contributed by atoms with Gasteiger partial charge < -0.3 is 15.2 Å². The zero-order chi connectivity index (χ0) is 23.2. The summed E-state index contributed by atoms with van der Waals surface area (Å²) in [5.41, 5.74) is 5.92. The maximum Gasteiger partial charge on any atom is 0.150 e. The summed E-state index contributed by atoms with van der Waals surface area (Å²) in [5.74, 6) is -0.723. The predicted octanol–water partition coefficient (Wildman–Crippen LogP) is 6.12. The van der Waals surface area contributed by atoms with Gasteiger partial charge in [-0.15, -0.1) is 0 Å². The van der Waals surface area contributed by atoms with Gasteiger partial charge in [0.2, 0.25) is 0 Å². The molecule has 1 saturated carbocycles. The van der Waals surface area contributed by atoms with E-state index in [9.17, 15) is 15.0 Å². The molecular formula is C28H24BrNO3. The average molecular weight is 502 g/mol. The van der Waals surface area contributed by atoms with Gasteiger partial charge in [-0.1, -0.05) is 54.9 Å². The average Bonchev–Trinajstić information content (AvgIpc) is 3.39. The molecule has 33 heavy (non-hydrogen) atoms. The third kappa shape index (κ3) is 2.76. The number of H-pyrrole nitrogens is 1. The van der Waals surface area contributed by atoms with Gasteiger partial charge in [-0.2, -0.15) is 0 Å². The molecule has 5 heteroatoms. The molecule has 0 aliphatic heterocycles. The molecule has 3 atom stereocenters. The van der Waals surface area contributed by atoms with Crippen molar-refractivity contribution < 1.29 is 15.0 Å². The summed E-state index contributed by atoms with van der Waals surface area (Å²) >= 11 is 3.46. The Morgan fingerprint density at radius 3 is 2.58 bits per heavy atom. The molecule has 1 heterocycles. The normalized spacial score (nSPS) is 25.5. The summed E-state index contributed by atoms with van der Waals surface area (Å²) in [5, 5.41) is 24.6. The summed E-state index contributed by atoms with van der Waals surface area (Å²) in [4.78, 5) is 16.7. The van der Waals surface area contributed by atoms with Crippen molar-refractivity contribution in [3.8, 4) is 5.75 Å². The van der Waals surface area contributed by atoms with Crippen molar-refractivity contribution in [1.82, 2.24) is 4.98 Å². The smallest absolute Gasteiger partial charge is 0.150 e. The van der Waals surface area contributed by atoms with Crippen LogP contribution in [0.4, 0.5) is 0 Å². The summed E-state index contributed by atoms with van der Waals surface area (Å²) in [6.07, 6.45) is 7.03. The summed E-state index contributed by atoms with van der Waals surface area (Å²) < 4.78 is 0.930. The highest BCUT2D eigenvalue weighted by atomic mass is 79.9. The summed E-state index contributed by atoms with van der Waals surface area (Å²) in [7, 11) is 0. The highest BCUT2D eigenvalue weighted by Gasteiger charge is 2.49. The molecule has 0 saturated heterocycles. The van der Waals surface area contributed by atoms with Crippen LogP contribution in [0.1, 0.15) is 43.4 Å². The van der Waals surface area contributed by atoms with E-state index in [1.165, 1.54) is 0 Å². The van der Waals surface area contributed by atoms with E-state index in [2.05, 4.69) is 46.9 Å². The second-order valence-electron chi connectivity index (χ2n) is 9.91. The van der Waals surface area contributed by atoms with Crippen LogP contribution in [0.25, 0.3) is 22.4 Å². The molecule has 6 rings (SSSR count). The number of nitrogens with one attached hydrogen (secondary N) is 1. The second kappa shape index (κ2) is 6.81. The number of Topliss-reactive ketones (excluding diaryl/α,β-unsaturated/α-hetero) is 1. The highest BCUT2D eigenvalue weighted by molar-refractivity contribution is 9.10. The Kier molecular flexibility index (Phi) is 4.27. The molecule has 3 N–H and O–H groups in total. The minimum Gasteiger partial charge on any atom is -0.507 e. The molecule has 4 nitrogen and oxygen atoms in total. The number of aliphatic hydroxyl groups excluding tert-OH is 1. The Labute approximate surface area is 200 Å². The summed E-state index contributed by atoms with van der Waals surface area (Å²) in [6, 6.07) is 9.41. The van der Waals surface area contributed by atoms with Gasteiger partial charge in [0.15, 0.2) is 0 Å². The maximum atomic E-state index is 13.6. The lowest BCUT2D eigenvalue weighted by molar-refractivity contribution is -0.125. The number of phenolic OH excluding ortho intramolecular Hbond substituents is 1. The van der Waals surface area contributed by atoms with Crippen LogP contribution < -0.4 is 0 Å². The predicted molar refractivity (Wildman–Crippen MR) is 134 cm³/mol. The quantitative estimate of drug-likeness (QED) is 0.376. The van der Waals surface area contributed by atoms with Crippen LogP contribution in [-0.4, -0.2) is 27.1 Å². The number of ketones is 1. The number of aliphatic hydroxyl groups is 1. The van der Waals surface area contributed by atoms with E-state index in [0.717, 1.165) is 54.2 Å². The van der Waals surface area contributed by atoms with Gasteiger partial charge in [-0.05, 0) is 52.1 Å². The molecule has 0 amide bonds. The van der Waals surface area contributed by atoms with Gasteiger partial charge in [-0.25, -0.2) is 0 Å². The number of hydrogen-bond donors (Lipinski definition) is 3. The van der Waals surface area contributed by atoms with Crippen molar-refractivity contribution in [3.63, 3.8) is 0 Å². The van der Waals surface area contributed by atoms with Crippen LogP contribution >= 0.6 is 15.9 Å². The number of carbonyl (C=O) groups is 1. The molecule has 1 fully saturated rings. The fourth-order valence-electron chi connectivity index (χ4n) is 5.89. The molecule has 166 valence electrons. The van der Waals surface area contributed by atoms with E-state index in [1.807, 2.05) is 43.6 Å². The largest absolute Gasteiger partial charge is 0.507 e. The number of aromatic nitrogens is 1. The zero-order valence-electron chi connectivity index (χ0n) is 18.6. The number of phenols is 1. The Morgan fingerprint density at radius 2 is 1.85 bits per heavy atom. The number of carbonyl (C=O) groups excluding carboxylic acids is 1. The number of halogens is 1. The monoisotopic (exact) mass is 501 g/mol. The number of rotatable bonds is 1. The molecule has 0 radical (unpaired) electrons. The minimum atomic E-state index is -0.974. The molecule has 3 aromatic rings. The third-order valence-electron chi connectivity index (χ3n) is 7.52. The van der Waals surface area contributed by atoms with Gasteiger partial charge in [0.25, 0.3) is 0 Å². The van der Waals surface area contributed by atoms with Crippen molar-refractivity contribution in [2.24, 2.45) is 11.3 Å². The van der Waals surface area contributed by atoms with Crippen LogP contribution in [0, 0.1) is 11.3 Å². The lowest BCUT2D eigenvalue weighted by Gasteiger charge is -2.42. The Balaban J connectivity index is 1.67.